The first-order valence-electron chi connectivity index (χ1n) is 7.58. The van der Waals surface area contributed by atoms with Crippen molar-refractivity contribution in [3.05, 3.63) is 21.9 Å². The van der Waals surface area contributed by atoms with Crippen LogP contribution in [0.4, 0.5) is 0 Å². The fraction of sp³-hybridized carbons (Fsp3) is 0.688. The van der Waals surface area contributed by atoms with Gasteiger partial charge in [0.25, 0.3) is 0 Å². The molecule has 5 heteroatoms. The van der Waals surface area contributed by atoms with E-state index in [0.29, 0.717) is 13.0 Å². The summed E-state index contributed by atoms with van der Waals surface area (Å²) >= 11 is 1.62. The Kier molecular flexibility index (Phi) is 5.79. The minimum Gasteiger partial charge on any atom is -0.469 e. The smallest absolute Gasteiger partial charge is 0.310 e. The highest BCUT2D eigenvalue weighted by atomic mass is 32.1. The van der Waals surface area contributed by atoms with Gasteiger partial charge in [-0.3, -0.25) is 4.79 Å². The number of carbonyl (C=O) groups excluding carboxylic acids is 1. The van der Waals surface area contributed by atoms with Crippen molar-refractivity contribution in [3.63, 3.8) is 0 Å². The minimum absolute atomic E-state index is 0.206. The summed E-state index contributed by atoms with van der Waals surface area (Å²) in [6.45, 7) is 3.63. The summed E-state index contributed by atoms with van der Waals surface area (Å²) in [4.78, 5) is 13.4. The van der Waals surface area contributed by atoms with Gasteiger partial charge in [-0.2, -0.15) is 0 Å². The molecule has 0 atom stereocenters. The molecule has 1 aromatic heterocycles. The Bertz CT molecular complexity index is 464. The number of nitrogens with one attached hydrogen (secondary N) is 1. The molecule has 0 amide bonds. The van der Waals surface area contributed by atoms with Crippen LogP contribution in [-0.2, 0) is 22.5 Å². The molecule has 0 radical (unpaired) electrons. The number of hydrogen-bond donors (Lipinski definition) is 2. The quantitative estimate of drug-likeness (QED) is 0.793. The molecule has 1 fully saturated rings. The third-order valence-corrected chi connectivity index (χ3v) is 5.31. The van der Waals surface area contributed by atoms with Crippen LogP contribution in [0.25, 0.3) is 0 Å². The lowest BCUT2D eigenvalue weighted by Crippen LogP contribution is -2.43. The van der Waals surface area contributed by atoms with Gasteiger partial charge in [0.15, 0.2) is 0 Å². The Morgan fingerprint density at radius 1 is 1.43 bits per heavy atom. The summed E-state index contributed by atoms with van der Waals surface area (Å²) in [6.07, 6.45) is 4.34. The summed E-state index contributed by atoms with van der Waals surface area (Å²) in [6, 6.07) is 4.00. The van der Waals surface area contributed by atoms with Crippen molar-refractivity contribution in [2.24, 2.45) is 5.92 Å². The Morgan fingerprint density at radius 2 is 2.10 bits per heavy atom. The topological polar surface area (TPSA) is 58.6 Å². The normalized spacial score (nSPS) is 25.8. The van der Waals surface area contributed by atoms with Gasteiger partial charge in [0.2, 0.25) is 0 Å². The van der Waals surface area contributed by atoms with Gasteiger partial charge in [0.1, 0.15) is 0 Å². The van der Waals surface area contributed by atoms with Crippen molar-refractivity contribution in [2.45, 2.75) is 51.2 Å². The van der Waals surface area contributed by atoms with Crippen molar-refractivity contribution in [1.29, 1.82) is 0 Å². The monoisotopic (exact) mass is 311 g/mol. The Balaban J connectivity index is 1.74. The maximum Gasteiger partial charge on any atom is 0.310 e. The molecule has 4 nitrogen and oxygen atoms in total. The largest absolute Gasteiger partial charge is 0.469 e. The van der Waals surface area contributed by atoms with Crippen molar-refractivity contribution < 1.29 is 14.6 Å². The van der Waals surface area contributed by atoms with E-state index in [1.165, 1.54) is 12.0 Å². The zero-order valence-corrected chi connectivity index (χ0v) is 13.7. The fourth-order valence-electron chi connectivity index (χ4n) is 2.72. The molecule has 118 valence electrons. The second kappa shape index (κ2) is 7.38. The number of methoxy groups -OCH3 is 1. The lowest BCUT2D eigenvalue weighted by molar-refractivity contribution is -0.139. The number of carbonyl (C=O) groups is 1. The van der Waals surface area contributed by atoms with Gasteiger partial charge in [-0.25, -0.2) is 0 Å². The molecule has 2 N–H and O–H groups in total. The van der Waals surface area contributed by atoms with Crippen LogP contribution in [0.3, 0.4) is 0 Å². The molecule has 0 aromatic carbocycles. The first-order chi connectivity index (χ1) is 10.0. The number of aliphatic hydroxyl groups is 1. The summed E-state index contributed by atoms with van der Waals surface area (Å²) in [7, 11) is 1.41. The second-order valence-corrected chi connectivity index (χ2v) is 7.38. The number of rotatable bonds is 6. The minimum atomic E-state index is -0.543. The average molecular weight is 311 g/mol. The van der Waals surface area contributed by atoms with E-state index >= 15 is 0 Å². The summed E-state index contributed by atoms with van der Waals surface area (Å²) in [5.41, 5.74) is -0.543. The predicted molar refractivity (Wildman–Crippen MR) is 84.3 cm³/mol. The summed E-state index contributed by atoms with van der Waals surface area (Å²) in [5.74, 6) is 0.533. The molecule has 1 saturated carbocycles. The zero-order chi connectivity index (χ0) is 15.3. The maximum absolute atomic E-state index is 11.2. The number of ether oxygens (including phenoxy) is 1. The standard InChI is InChI=1S/C16H25NO3S/c1-12-5-7-16(19,8-6-12)11-17-10-14-4-3-13(21-14)9-15(18)20-2/h3-4,12,17,19H,5-11H2,1-2H3. The van der Waals surface area contributed by atoms with Crippen molar-refractivity contribution in [1.82, 2.24) is 5.32 Å². The first-order valence-corrected chi connectivity index (χ1v) is 8.40. The SMILES string of the molecule is COC(=O)Cc1ccc(CNCC2(O)CCC(C)CC2)s1. The summed E-state index contributed by atoms with van der Waals surface area (Å²) in [5, 5.41) is 13.9. The number of hydrogen-bond acceptors (Lipinski definition) is 5. The van der Waals surface area contributed by atoms with Gasteiger partial charge in [0, 0.05) is 22.8 Å². The third kappa shape index (κ3) is 5.09. The van der Waals surface area contributed by atoms with E-state index in [1.807, 2.05) is 12.1 Å². The van der Waals surface area contributed by atoms with Crippen molar-refractivity contribution in [3.8, 4) is 0 Å². The number of thiophene rings is 1. The molecule has 1 aromatic rings. The fourth-order valence-corrected chi connectivity index (χ4v) is 3.69. The van der Waals surface area contributed by atoms with Gasteiger partial charge < -0.3 is 15.2 Å². The molecule has 21 heavy (non-hydrogen) atoms. The van der Waals surface area contributed by atoms with Crippen LogP contribution in [0.5, 0.6) is 0 Å². The maximum atomic E-state index is 11.2. The van der Waals surface area contributed by atoms with Gasteiger partial charge in [-0.1, -0.05) is 6.92 Å². The van der Waals surface area contributed by atoms with Crippen LogP contribution in [-0.4, -0.2) is 30.3 Å². The van der Waals surface area contributed by atoms with Crippen LogP contribution in [0.15, 0.2) is 12.1 Å². The van der Waals surface area contributed by atoms with Crippen LogP contribution in [0.2, 0.25) is 0 Å². The average Bonchev–Trinajstić information content (AvgIpc) is 2.90. The van der Waals surface area contributed by atoms with Crippen LogP contribution < -0.4 is 5.32 Å². The molecule has 1 heterocycles. The van der Waals surface area contributed by atoms with E-state index in [1.54, 1.807) is 11.3 Å². The van der Waals surface area contributed by atoms with Gasteiger partial charge >= 0.3 is 5.97 Å². The molecule has 1 aliphatic carbocycles. The third-order valence-electron chi connectivity index (χ3n) is 4.22. The molecule has 2 rings (SSSR count). The lowest BCUT2D eigenvalue weighted by atomic mass is 9.79. The Hall–Kier alpha value is -0.910. The van der Waals surface area contributed by atoms with E-state index in [0.717, 1.165) is 43.0 Å². The molecular weight excluding hydrogens is 286 g/mol. The van der Waals surface area contributed by atoms with Crippen LogP contribution in [0, 0.1) is 5.92 Å². The molecule has 0 aliphatic heterocycles. The molecular formula is C16H25NO3S. The molecule has 0 spiro atoms. The highest BCUT2D eigenvalue weighted by molar-refractivity contribution is 7.12. The van der Waals surface area contributed by atoms with E-state index in [2.05, 4.69) is 17.0 Å². The highest BCUT2D eigenvalue weighted by Crippen LogP contribution is 2.31. The van der Waals surface area contributed by atoms with Gasteiger partial charge in [0.05, 0.1) is 19.1 Å². The molecule has 0 bridgehead atoms. The first kappa shape index (κ1) is 16.5. The molecule has 0 unspecified atom stereocenters. The van der Waals surface area contributed by atoms with E-state index in [-0.39, 0.29) is 5.97 Å². The lowest BCUT2D eigenvalue weighted by Gasteiger charge is -2.35. The predicted octanol–water partition coefficient (Wildman–Crippen LogP) is 2.49. The molecule has 1 aliphatic rings. The van der Waals surface area contributed by atoms with E-state index < -0.39 is 5.60 Å². The highest BCUT2D eigenvalue weighted by Gasteiger charge is 2.31. The zero-order valence-electron chi connectivity index (χ0n) is 12.9. The van der Waals surface area contributed by atoms with Gasteiger partial charge in [-0.15, -0.1) is 11.3 Å². The van der Waals surface area contributed by atoms with Crippen molar-refractivity contribution in [2.75, 3.05) is 13.7 Å². The summed E-state index contributed by atoms with van der Waals surface area (Å²) < 4.78 is 4.66. The van der Waals surface area contributed by atoms with E-state index in [4.69, 9.17) is 0 Å². The van der Waals surface area contributed by atoms with Gasteiger partial charge in [-0.05, 0) is 43.7 Å². The van der Waals surface area contributed by atoms with E-state index in [9.17, 15) is 9.90 Å². The van der Waals surface area contributed by atoms with Crippen LogP contribution in [0.1, 0.15) is 42.4 Å². The molecule has 0 saturated heterocycles. The van der Waals surface area contributed by atoms with Crippen LogP contribution >= 0.6 is 11.3 Å². The Labute approximate surface area is 130 Å². The Morgan fingerprint density at radius 3 is 2.76 bits per heavy atom. The van der Waals surface area contributed by atoms with Crippen molar-refractivity contribution >= 4 is 17.3 Å². The number of esters is 1. The second-order valence-electron chi connectivity index (χ2n) is 6.13.